The molecule has 0 unspecified atom stereocenters. The van der Waals surface area contributed by atoms with Crippen molar-refractivity contribution in [3.05, 3.63) is 95.1 Å². The number of carbonyl (C=O) groups excluding carboxylic acids is 1. The number of amides is 1. The normalized spacial score (nSPS) is 10.9. The summed E-state index contributed by atoms with van der Waals surface area (Å²) < 4.78 is 10.6. The lowest BCUT2D eigenvalue weighted by atomic mass is 10.1. The van der Waals surface area contributed by atoms with E-state index < -0.39 is 5.91 Å². The molecule has 3 rings (SSSR count). The molecular weight excluding hydrogens is 438 g/mol. The number of nitriles is 1. The summed E-state index contributed by atoms with van der Waals surface area (Å²) in [6, 6.07) is 25.9. The number of rotatable bonds is 11. The molecule has 0 spiro atoms. The first-order valence-corrected chi connectivity index (χ1v) is 11.6. The Kier molecular flexibility index (Phi) is 9.32. The summed E-state index contributed by atoms with van der Waals surface area (Å²) in [4.78, 5) is 14.8. The van der Waals surface area contributed by atoms with Crippen LogP contribution < -0.4 is 19.7 Å². The lowest BCUT2D eigenvalue weighted by Crippen LogP contribution is -2.26. The van der Waals surface area contributed by atoms with Gasteiger partial charge in [0, 0.05) is 25.3 Å². The minimum absolute atomic E-state index is 0.0710. The number of hydrogen-bond acceptors (Lipinski definition) is 5. The molecule has 0 heterocycles. The SMILES string of the molecule is CCN(Cc1ccccc1)c1ccc(C=C(C#N)C(=O)NCCc2ccc(OC)c(OC)c2)cc1. The van der Waals surface area contributed by atoms with E-state index in [9.17, 15) is 10.1 Å². The van der Waals surface area contributed by atoms with Gasteiger partial charge >= 0.3 is 0 Å². The number of nitrogens with zero attached hydrogens (tertiary/aromatic N) is 2. The fourth-order valence-electron chi connectivity index (χ4n) is 3.74. The monoisotopic (exact) mass is 469 g/mol. The highest BCUT2D eigenvalue weighted by atomic mass is 16.5. The minimum Gasteiger partial charge on any atom is -0.493 e. The number of benzene rings is 3. The largest absolute Gasteiger partial charge is 0.493 e. The molecule has 0 radical (unpaired) electrons. The summed E-state index contributed by atoms with van der Waals surface area (Å²) in [6.45, 7) is 4.21. The fourth-order valence-corrected chi connectivity index (χ4v) is 3.74. The Balaban J connectivity index is 1.60. The molecule has 1 amide bonds. The first-order valence-electron chi connectivity index (χ1n) is 11.6. The zero-order valence-electron chi connectivity index (χ0n) is 20.5. The summed E-state index contributed by atoms with van der Waals surface area (Å²) in [6.07, 6.45) is 2.22. The van der Waals surface area contributed by atoms with Gasteiger partial charge in [0.05, 0.1) is 14.2 Å². The van der Waals surface area contributed by atoms with E-state index in [0.29, 0.717) is 24.5 Å². The number of anilines is 1. The zero-order valence-corrected chi connectivity index (χ0v) is 20.5. The maximum absolute atomic E-state index is 12.6. The molecule has 3 aromatic rings. The topological polar surface area (TPSA) is 74.6 Å². The van der Waals surface area contributed by atoms with Gasteiger partial charge in [0.2, 0.25) is 0 Å². The summed E-state index contributed by atoms with van der Waals surface area (Å²) >= 11 is 0. The van der Waals surface area contributed by atoms with Crippen LogP contribution in [-0.4, -0.2) is 33.2 Å². The molecule has 0 saturated heterocycles. The van der Waals surface area contributed by atoms with Crippen molar-refractivity contribution >= 4 is 17.7 Å². The summed E-state index contributed by atoms with van der Waals surface area (Å²) in [5, 5.41) is 12.4. The lowest BCUT2D eigenvalue weighted by Gasteiger charge is -2.23. The van der Waals surface area contributed by atoms with E-state index in [2.05, 4.69) is 29.3 Å². The highest BCUT2D eigenvalue weighted by Crippen LogP contribution is 2.27. The number of hydrogen-bond donors (Lipinski definition) is 1. The second-order valence-corrected chi connectivity index (χ2v) is 7.96. The molecule has 0 bridgehead atoms. The minimum atomic E-state index is -0.392. The van der Waals surface area contributed by atoms with E-state index in [0.717, 1.165) is 29.9 Å². The van der Waals surface area contributed by atoms with E-state index in [1.54, 1.807) is 20.3 Å². The van der Waals surface area contributed by atoms with Crippen LogP contribution in [0.4, 0.5) is 5.69 Å². The molecule has 0 atom stereocenters. The van der Waals surface area contributed by atoms with E-state index in [4.69, 9.17) is 9.47 Å². The first kappa shape index (κ1) is 25.4. The van der Waals surface area contributed by atoms with E-state index in [-0.39, 0.29) is 5.57 Å². The van der Waals surface area contributed by atoms with Crippen LogP contribution in [0.15, 0.2) is 78.4 Å². The number of carbonyl (C=O) groups is 1. The maximum atomic E-state index is 12.6. The Morgan fingerprint density at radius 1 is 0.971 bits per heavy atom. The van der Waals surface area contributed by atoms with Crippen LogP contribution in [0.3, 0.4) is 0 Å². The van der Waals surface area contributed by atoms with Gasteiger partial charge in [-0.25, -0.2) is 0 Å². The predicted molar refractivity (Wildman–Crippen MR) is 139 cm³/mol. The van der Waals surface area contributed by atoms with Crippen molar-refractivity contribution in [3.8, 4) is 17.6 Å². The Bertz CT molecular complexity index is 1180. The average molecular weight is 470 g/mol. The van der Waals surface area contributed by atoms with Crippen molar-refractivity contribution in [2.75, 3.05) is 32.2 Å². The zero-order chi connectivity index (χ0) is 25.0. The van der Waals surface area contributed by atoms with Gasteiger partial charge in [0.1, 0.15) is 11.6 Å². The van der Waals surface area contributed by atoms with Crippen molar-refractivity contribution < 1.29 is 14.3 Å². The molecule has 0 aromatic heterocycles. The molecule has 0 saturated carbocycles. The van der Waals surface area contributed by atoms with Crippen LogP contribution in [-0.2, 0) is 17.8 Å². The molecule has 35 heavy (non-hydrogen) atoms. The smallest absolute Gasteiger partial charge is 0.261 e. The van der Waals surface area contributed by atoms with Crippen molar-refractivity contribution in [1.82, 2.24) is 5.32 Å². The molecule has 0 aliphatic heterocycles. The second-order valence-electron chi connectivity index (χ2n) is 7.96. The molecular formula is C29H31N3O3. The third-order valence-corrected chi connectivity index (χ3v) is 5.68. The number of methoxy groups -OCH3 is 2. The Morgan fingerprint density at radius 2 is 1.69 bits per heavy atom. The van der Waals surface area contributed by atoms with Gasteiger partial charge in [-0.05, 0) is 60.4 Å². The Morgan fingerprint density at radius 3 is 2.31 bits per heavy atom. The van der Waals surface area contributed by atoms with Gasteiger partial charge < -0.3 is 19.7 Å². The summed E-state index contributed by atoms with van der Waals surface area (Å²) in [5.74, 6) is 0.905. The van der Waals surface area contributed by atoms with Crippen LogP contribution in [0.5, 0.6) is 11.5 Å². The molecule has 0 aliphatic carbocycles. The Labute approximate surface area is 207 Å². The van der Waals surface area contributed by atoms with E-state index in [1.807, 2.05) is 66.7 Å². The second kappa shape index (κ2) is 12.9. The lowest BCUT2D eigenvalue weighted by molar-refractivity contribution is -0.117. The van der Waals surface area contributed by atoms with Crippen molar-refractivity contribution in [1.29, 1.82) is 5.26 Å². The van der Waals surface area contributed by atoms with Crippen LogP contribution in [0.25, 0.3) is 6.08 Å². The number of nitrogens with one attached hydrogen (secondary N) is 1. The van der Waals surface area contributed by atoms with Crippen LogP contribution in [0, 0.1) is 11.3 Å². The molecule has 1 N–H and O–H groups in total. The highest BCUT2D eigenvalue weighted by Gasteiger charge is 2.10. The van der Waals surface area contributed by atoms with Crippen molar-refractivity contribution in [2.45, 2.75) is 19.9 Å². The van der Waals surface area contributed by atoms with Gasteiger partial charge in [0.25, 0.3) is 5.91 Å². The fraction of sp³-hybridized carbons (Fsp3) is 0.241. The third-order valence-electron chi connectivity index (χ3n) is 5.68. The summed E-state index contributed by atoms with van der Waals surface area (Å²) in [5.41, 5.74) is 4.20. The van der Waals surface area contributed by atoms with Crippen LogP contribution in [0.2, 0.25) is 0 Å². The summed E-state index contributed by atoms with van der Waals surface area (Å²) in [7, 11) is 3.18. The van der Waals surface area contributed by atoms with E-state index in [1.165, 1.54) is 5.56 Å². The van der Waals surface area contributed by atoms with Gasteiger partial charge in [-0.15, -0.1) is 0 Å². The predicted octanol–water partition coefficient (Wildman–Crippen LogP) is 5.00. The van der Waals surface area contributed by atoms with Gasteiger partial charge in [-0.1, -0.05) is 48.5 Å². The molecule has 180 valence electrons. The molecule has 0 fully saturated rings. The molecule has 6 heteroatoms. The molecule has 6 nitrogen and oxygen atoms in total. The molecule has 0 aliphatic rings. The number of ether oxygens (including phenoxy) is 2. The van der Waals surface area contributed by atoms with Gasteiger partial charge in [-0.3, -0.25) is 4.79 Å². The van der Waals surface area contributed by atoms with Gasteiger partial charge in [-0.2, -0.15) is 5.26 Å². The average Bonchev–Trinajstić information content (AvgIpc) is 2.91. The first-order chi connectivity index (χ1) is 17.1. The Hall–Kier alpha value is -4.24. The third kappa shape index (κ3) is 7.12. The van der Waals surface area contributed by atoms with Gasteiger partial charge in [0.15, 0.2) is 11.5 Å². The quantitative estimate of drug-likeness (QED) is 0.316. The van der Waals surface area contributed by atoms with E-state index >= 15 is 0 Å². The van der Waals surface area contributed by atoms with Crippen molar-refractivity contribution in [2.24, 2.45) is 0 Å². The van der Waals surface area contributed by atoms with Crippen LogP contribution >= 0.6 is 0 Å². The van der Waals surface area contributed by atoms with Crippen molar-refractivity contribution in [3.63, 3.8) is 0 Å². The van der Waals surface area contributed by atoms with Crippen LogP contribution in [0.1, 0.15) is 23.6 Å². The standard InChI is InChI=1S/C29H31N3O3/c1-4-32(21-24-8-6-5-7-9-24)26-13-10-22(11-14-26)18-25(20-30)29(33)31-17-16-23-12-15-27(34-2)28(19-23)35-3/h5-15,18-19H,4,16-17,21H2,1-3H3,(H,31,33). The molecule has 3 aromatic carbocycles. The highest BCUT2D eigenvalue weighted by molar-refractivity contribution is 6.01. The maximum Gasteiger partial charge on any atom is 0.261 e.